The van der Waals surface area contributed by atoms with E-state index in [1.807, 2.05) is 0 Å². The summed E-state index contributed by atoms with van der Waals surface area (Å²) in [5, 5.41) is 17.6. The van der Waals surface area contributed by atoms with Gasteiger partial charge in [0.1, 0.15) is 0 Å². The lowest BCUT2D eigenvalue weighted by molar-refractivity contribution is -0.133. The van der Waals surface area contributed by atoms with Crippen molar-refractivity contribution in [1.82, 2.24) is 4.90 Å². The molecule has 0 aromatic carbocycles. The van der Waals surface area contributed by atoms with E-state index in [0.717, 1.165) is 18.6 Å². The molecule has 0 saturated carbocycles. The van der Waals surface area contributed by atoms with E-state index in [4.69, 9.17) is 5.11 Å². The zero-order valence-corrected chi connectivity index (χ0v) is 7.72. The van der Waals surface area contributed by atoms with E-state index in [0.29, 0.717) is 19.5 Å². The molecule has 1 heterocycles. The smallest absolute Gasteiger partial charge is 0.328 e. The summed E-state index contributed by atoms with van der Waals surface area (Å²) in [4.78, 5) is 22.9. The predicted octanol–water partition coefficient (Wildman–Crippen LogP) is -0.390. The number of hydrogen-bond acceptors (Lipinski definition) is 3. The van der Waals surface area contributed by atoms with E-state index < -0.39 is 12.1 Å². The van der Waals surface area contributed by atoms with Gasteiger partial charge < -0.3 is 15.1 Å². The Morgan fingerprint density at radius 1 is 1.36 bits per heavy atom. The summed E-state index contributed by atoms with van der Waals surface area (Å²) in [5.41, 5.74) is 0. The number of carboxylic acid groups (broad SMARTS) is 1. The van der Waals surface area contributed by atoms with Gasteiger partial charge in [-0.1, -0.05) is 0 Å². The Morgan fingerprint density at radius 2 is 2.07 bits per heavy atom. The summed E-state index contributed by atoms with van der Waals surface area (Å²) in [7, 11) is 0. The van der Waals surface area contributed by atoms with Crippen LogP contribution in [0, 0.1) is 0 Å². The van der Waals surface area contributed by atoms with Crippen LogP contribution in [0.25, 0.3) is 0 Å². The second-order valence-electron chi connectivity index (χ2n) is 3.25. The van der Waals surface area contributed by atoms with E-state index in [9.17, 15) is 14.7 Å². The van der Waals surface area contributed by atoms with E-state index >= 15 is 0 Å². The van der Waals surface area contributed by atoms with Gasteiger partial charge >= 0.3 is 5.97 Å². The summed E-state index contributed by atoms with van der Waals surface area (Å²) < 4.78 is 0. The molecule has 0 aliphatic carbocycles. The molecule has 5 heteroatoms. The number of aliphatic hydroxyl groups excluding tert-OH is 1. The Balaban J connectivity index is 2.47. The number of nitrogens with zero attached hydrogens (tertiary/aromatic N) is 1. The van der Waals surface area contributed by atoms with Crippen LogP contribution >= 0.6 is 0 Å². The minimum atomic E-state index is -1.14. The lowest BCUT2D eigenvalue weighted by Gasteiger charge is -2.29. The van der Waals surface area contributed by atoms with Crippen LogP contribution in [0.1, 0.15) is 12.8 Å². The third-order valence-corrected chi connectivity index (χ3v) is 2.08. The number of rotatable bonds is 2. The average Bonchev–Trinajstić information content (AvgIpc) is 2.14. The molecule has 0 aromatic heterocycles. The fraction of sp³-hybridized carbons (Fsp3) is 0.556. The molecule has 1 amide bonds. The van der Waals surface area contributed by atoms with Crippen molar-refractivity contribution in [2.45, 2.75) is 18.9 Å². The molecule has 5 nitrogen and oxygen atoms in total. The molecular formula is C9H13NO4. The Kier molecular flexibility index (Phi) is 3.64. The van der Waals surface area contributed by atoms with Gasteiger partial charge in [-0.25, -0.2) is 4.79 Å². The van der Waals surface area contributed by atoms with Crippen molar-refractivity contribution in [3.63, 3.8) is 0 Å². The Bertz CT molecular complexity index is 262. The first-order valence-corrected chi connectivity index (χ1v) is 4.47. The van der Waals surface area contributed by atoms with Gasteiger partial charge in [0.2, 0.25) is 5.91 Å². The number of carboxylic acids is 1. The fourth-order valence-electron chi connectivity index (χ4n) is 1.40. The quantitative estimate of drug-likeness (QED) is 0.594. The average molecular weight is 199 g/mol. The topological polar surface area (TPSA) is 77.8 Å². The van der Waals surface area contributed by atoms with Crippen LogP contribution in [-0.4, -0.2) is 46.2 Å². The molecule has 0 bridgehead atoms. The van der Waals surface area contributed by atoms with Gasteiger partial charge in [0.25, 0.3) is 0 Å². The van der Waals surface area contributed by atoms with Crippen molar-refractivity contribution in [2.24, 2.45) is 0 Å². The highest BCUT2D eigenvalue weighted by atomic mass is 16.4. The molecule has 1 atom stereocenters. The third kappa shape index (κ3) is 3.18. The molecule has 1 aliphatic heterocycles. The minimum absolute atomic E-state index is 0.294. The molecule has 1 rings (SSSR count). The lowest BCUT2D eigenvalue weighted by atomic mass is 10.1. The number of piperidine rings is 1. The predicted molar refractivity (Wildman–Crippen MR) is 48.6 cm³/mol. The molecule has 1 saturated heterocycles. The molecule has 0 spiro atoms. The van der Waals surface area contributed by atoms with Crippen LogP contribution in [0.3, 0.4) is 0 Å². The van der Waals surface area contributed by atoms with E-state index in [2.05, 4.69) is 0 Å². The van der Waals surface area contributed by atoms with Gasteiger partial charge in [-0.15, -0.1) is 0 Å². The Labute approximate surface area is 81.6 Å². The van der Waals surface area contributed by atoms with E-state index in [1.54, 1.807) is 0 Å². The summed E-state index contributed by atoms with van der Waals surface area (Å²) in [6.45, 7) is 0.878. The number of aliphatic carboxylic acids is 1. The largest absolute Gasteiger partial charge is 0.478 e. The molecule has 1 aliphatic rings. The van der Waals surface area contributed by atoms with Crippen molar-refractivity contribution in [3.8, 4) is 0 Å². The molecule has 0 radical (unpaired) electrons. The summed E-state index contributed by atoms with van der Waals surface area (Å²) in [6, 6.07) is 0. The molecule has 14 heavy (non-hydrogen) atoms. The molecule has 1 fully saturated rings. The third-order valence-electron chi connectivity index (χ3n) is 2.08. The second-order valence-corrected chi connectivity index (χ2v) is 3.25. The van der Waals surface area contributed by atoms with Crippen LogP contribution in [0.4, 0.5) is 0 Å². The molecule has 78 valence electrons. The molecule has 2 N–H and O–H groups in total. The van der Waals surface area contributed by atoms with Gasteiger partial charge in [-0.3, -0.25) is 4.79 Å². The maximum atomic E-state index is 11.3. The lowest BCUT2D eigenvalue weighted by Crippen LogP contribution is -2.41. The van der Waals surface area contributed by atoms with Crippen LogP contribution in [0.15, 0.2) is 12.2 Å². The van der Waals surface area contributed by atoms with Crippen molar-refractivity contribution in [1.29, 1.82) is 0 Å². The molecule has 0 unspecified atom stereocenters. The van der Waals surface area contributed by atoms with Gasteiger partial charge in [0.05, 0.1) is 6.10 Å². The van der Waals surface area contributed by atoms with E-state index in [1.165, 1.54) is 4.90 Å². The number of β-amino-alcohol motifs (C(OH)–C–C–N with tert-alkyl or cyclic N) is 1. The number of amides is 1. The van der Waals surface area contributed by atoms with Crippen molar-refractivity contribution in [3.05, 3.63) is 12.2 Å². The van der Waals surface area contributed by atoms with Crippen LogP contribution in [-0.2, 0) is 9.59 Å². The van der Waals surface area contributed by atoms with Gasteiger partial charge in [-0.2, -0.15) is 0 Å². The maximum Gasteiger partial charge on any atom is 0.328 e. The van der Waals surface area contributed by atoms with Gasteiger partial charge in [0, 0.05) is 25.2 Å². The number of aliphatic hydroxyl groups is 1. The van der Waals surface area contributed by atoms with Gasteiger partial charge in [-0.05, 0) is 12.8 Å². The van der Waals surface area contributed by atoms with Crippen LogP contribution in [0.2, 0.25) is 0 Å². The fourth-order valence-corrected chi connectivity index (χ4v) is 1.40. The van der Waals surface area contributed by atoms with Gasteiger partial charge in [0.15, 0.2) is 0 Å². The highest BCUT2D eigenvalue weighted by molar-refractivity contribution is 5.93. The number of hydrogen-bond donors (Lipinski definition) is 2. The first kappa shape index (κ1) is 10.7. The second kappa shape index (κ2) is 4.76. The zero-order chi connectivity index (χ0) is 10.6. The SMILES string of the molecule is O=C(O)/C=C/C(=O)N1CCC[C@H](O)C1. The van der Waals surface area contributed by atoms with Crippen molar-refractivity contribution in [2.75, 3.05) is 13.1 Å². The standard InChI is InChI=1S/C9H13NO4/c11-7-2-1-5-10(6-7)8(12)3-4-9(13)14/h3-4,7,11H,1-2,5-6H2,(H,13,14)/b4-3+/t7-/m0/s1. The zero-order valence-electron chi connectivity index (χ0n) is 7.72. The number of likely N-dealkylation sites (tertiary alicyclic amines) is 1. The monoisotopic (exact) mass is 199 g/mol. The normalized spacial score (nSPS) is 22.6. The van der Waals surface area contributed by atoms with Crippen molar-refractivity contribution >= 4 is 11.9 Å². The van der Waals surface area contributed by atoms with Crippen LogP contribution in [0.5, 0.6) is 0 Å². The summed E-state index contributed by atoms with van der Waals surface area (Å²) in [5.74, 6) is -1.50. The van der Waals surface area contributed by atoms with Crippen LogP contribution < -0.4 is 0 Å². The number of carbonyl (C=O) groups excluding carboxylic acids is 1. The summed E-state index contributed by atoms with van der Waals surface area (Å²) in [6.07, 6.45) is 2.80. The highest BCUT2D eigenvalue weighted by Gasteiger charge is 2.20. The highest BCUT2D eigenvalue weighted by Crippen LogP contribution is 2.09. The molecule has 0 aromatic rings. The maximum absolute atomic E-state index is 11.3. The first-order chi connectivity index (χ1) is 6.59. The summed E-state index contributed by atoms with van der Waals surface area (Å²) >= 11 is 0. The minimum Gasteiger partial charge on any atom is -0.478 e. The molecular weight excluding hydrogens is 186 g/mol. The van der Waals surface area contributed by atoms with Crippen molar-refractivity contribution < 1.29 is 19.8 Å². The first-order valence-electron chi connectivity index (χ1n) is 4.47. The Morgan fingerprint density at radius 3 is 2.64 bits per heavy atom. The van der Waals surface area contributed by atoms with E-state index in [-0.39, 0.29) is 5.91 Å². The Hall–Kier alpha value is -1.36. The number of carbonyl (C=O) groups is 2.